The summed E-state index contributed by atoms with van der Waals surface area (Å²) in [6, 6.07) is 7.90. The van der Waals surface area contributed by atoms with E-state index in [4.69, 9.17) is 10.5 Å². The van der Waals surface area contributed by atoms with Crippen molar-refractivity contribution < 1.29 is 4.74 Å². The van der Waals surface area contributed by atoms with Crippen LogP contribution in [0.25, 0.3) is 0 Å². The van der Waals surface area contributed by atoms with Gasteiger partial charge in [0.15, 0.2) is 0 Å². The predicted molar refractivity (Wildman–Crippen MR) is 67.1 cm³/mol. The Morgan fingerprint density at radius 1 is 1.29 bits per heavy atom. The number of aromatic nitrogens is 2. The Hall–Kier alpha value is -1.81. The van der Waals surface area contributed by atoms with Crippen LogP contribution in [-0.4, -0.2) is 9.78 Å². The van der Waals surface area contributed by atoms with Gasteiger partial charge in [-0.05, 0) is 19.9 Å². The highest BCUT2D eigenvalue weighted by molar-refractivity contribution is 5.39. The molecule has 0 spiro atoms. The van der Waals surface area contributed by atoms with Gasteiger partial charge < -0.3 is 10.5 Å². The maximum absolute atomic E-state index is 5.83. The lowest BCUT2D eigenvalue weighted by Gasteiger charge is -2.10. The van der Waals surface area contributed by atoms with Gasteiger partial charge in [-0.15, -0.1) is 0 Å². The van der Waals surface area contributed by atoms with Crippen LogP contribution in [-0.2, 0) is 13.6 Å². The highest BCUT2D eigenvalue weighted by Gasteiger charge is 2.08. The molecular formula is C13H17N3O. The first-order chi connectivity index (χ1) is 8.10. The summed E-state index contributed by atoms with van der Waals surface area (Å²) in [5.74, 6) is 1.52. The molecule has 0 fully saturated rings. The van der Waals surface area contributed by atoms with E-state index in [0.717, 1.165) is 22.9 Å². The van der Waals surface area contributed by atoms with Gasteiger partial charge in [-0.1, -0.05) is 17.7 Å². The van der Waals surface area contributed by atoms with Gasteiger partial charge in [0, 0.05) is 25.2 Å². The molecule has 4 heteroatoms. The SMILES string of the molecule is Cc1ccc(Oc2cc(C)nn2C)c(CN)c1. The Bertz CT molecular complexity index is 531. The number of hydrogen-bond donors (Lipinski definition) is 1. The van der Waals surface area contributed by atoms with Crippen molar-refractivity contribution in [3.05, 3.63) is 41.1 Å². The molecule has 2 aromatic rings. The monoisotopic (exact) mass is 231 g/mol. The van der Waals surface area contributed by atoms with Gasteiger partial charge in [0.05, 0.1) is 5.69 Å². The number of aryl methyl sites for hydroxylation is 3. The third-order valence-corrected chi connectivity index (χ3v) is 2.61. The van der Waals surface area contributed by atoms with Crippen molar-refractivity contribution >= 4 is 0 Å². The molecule has 0 aliphatic rings. The van der Waals surface area contributed by atoms with Crippen molar-refractivity contribution in [2.75, 3.05) is 0 Å². The molecule has 0 bridgehead atoms. The van der Waals surface area contributed by atoms with Gasteiger partial charge in [0.2, 0.25) is 5.88 Å². The summed E-state index contributed by atoms with van der Waals surface area (Å²) in [5, 5.41) is 4.24. The Balaban J connectivity index is 2.32. The van der Waals surface area contributed by atoms with Crippen LogP contribution in [0.4, 0.5) is 0 Å². The van der Waals surface area contributed by atoms with Gasteiger partial charge in [-0.2, -0.15) is 5.10 Å². The largest absolute Gasteiger partial charge is 0.439 e. The molecule has 0 unspecified atom stereocenters. The molecule has 17 heavy (non-hydrogen) atoms. The zero-order chi connectivity index (χ0) is 12.4. The topological polar surface area (TPSA) is 53.1 Å². The van der Waals surface area contributed by atoms with Gasteiger partial charge in [0.1, 0.15) is 5.75 Å². The first-order valence-corrected chi connectivity index (χ1v) is 5.58. The minimum atomic E-state index is 0.466. The van der Waals surface area contributed by atoms with Crippen LogP contribution in [0.5, 0.6) is 11.6 Å². The van der Waals surface area contributed by atoms with Crippen molar-refractivity contribution in [3.63, 3.8) is 0 Å². The van der Waals surface area contributed by atoms with Crippen molar-refractivity contribution in [1.29, 1.82) is 0 Å². The summed E-state index contributed by atoms with van der Waals surface area (Å²) in [7, 11) is 1.86. The third-order valence-electron chi connectivity index (χ3n) is 2.61. The molecule has 1 aromatic heterocycles. The Morgan fingerprint density at radius 2 is 2.06 bits per heavy atom. The number of benzene rings is 1. The molecule has 0 amide bonds. The molecule has 2 N–H and O–H groups in total. The predicted octanol–water partition coefficient (Wildman–Crippen LogP) is 2.29. The lowest BCUT2D eigenvalue weighted by atomic mass is 10.1. The Kier molecular flexibility index (Phi) is 3.15. The lowest BCUT2D eigenvalue weighted by Crippen LogP contribution is -2.02. The van der Waals surface area contributed by atoms with Crippen molar-refractivity contribution in [1.82, 2.24) is 9.78 Å². The van der Waals surface area contributed by atoms with E-state index in [-0.39, 0.29) is 0 Å². The molecule has 0 radical (unpaired) electrons. The molecule has 0 saturated heterocycles. The van der Waals surface area contributed by atoms with Crippen LogP contribution in [0.1, 0.15) is 16.8 Å². The summed E-state index contributed by atoms with van der Waals surface area (Å²) in [5.41, 5.74) is 8.83. The van der Waals surface area contributed by atoms with E-state index in [2.05, 4.69) is 5.10 Å². The van der Waals surface area contributed by atoms with Crippen LogP contribution < -0.4 is 10.5 Å². The van der Waals surface area contributed by atoms with Gasteiger partial charge in [-0.25, -0.2) is 4.68 Å². The average molecular weight is 231 g/mol. The Morgan fingerprint density at radius 3 is 2.65 bits per heavy atom. The zero-order valence-corrected chi connectivity index (χ0v) is 10.4. The quantitative estimate of drug-likeness (QED) is 0.881. The third kappa shape index (κ3) is 2.47. The van der Waals surface area contributed by atoms with E-state index < -0.39 is 0 Å². The van der Waals surface area contributed by atoms with Gasteiger partial charge >= 0.3 is 0 Å². The summed E-state index contributed by atoms with van der Waals surface area (Å²) in [6.45, 7) is 4.44. The smallest absolute Gasteiger partial charge is 0.217 e. The van der Waals surface area contributed by atoms with Gasteiger partial charge in [-0.3, -0.25) is 0 Å². The maximum atomic E-state index is 5.83. The van der Waals surface area contributed by atoms with Crippen LogP contribution in [0.15, 0.2) is 24.3 Å². The van der Waals surface area contributed by atoms with E-state index >= 15 is 0 Å². The average Bonchev–Trinajstić information content (AvgIpc) is 2.60. The van der Waals surface area contributed by atoms with Crippen molar-refractivity contribution in [3.8, 4) is 11.6 Å². The van der Waals surface area contributed by atoms with Crippen molar-refractivity contribution in [2.24, 2.45) is 12.8 Å². The summed E-state index contributed by atoms with van der Waals surface area (Å²) < 4.78 is 7.55. The second-order valence-electron chi connectivity index (χ2n) is 4.16. The minimum absolute atomic E-state index is 0.466. The number of nitrogens with two attached hydrogens (primary N) is 1. The van der Waals surface area contributed by atoms with E-state index in [9.17, 15) is 0 Å². The van der Waals surface area contributed by atoms with E-state index in [1.54, 1.807) is 4.68 Å². The first kappa shape index (κ1) is 11.7. The highest BCUT2D eigenvalue weighted by Crippen LogP contribution is 2.26. The van der Waals surface area contributed by atoms with Crippen LogP contribution in [0, 0.1) is 13.8 Å². The number of ether oxygens (including phenoxy) is 1. The van der Waals surface area contributed by atoms with Crippen molar-refractivity contribution in [2.45, 2.75) is 20.4 Å². The fourth-order valence-electron chi connectivity index (χ4n) is 1.76. The van der Waals surface area contributed by atoms with Crippen LogP contribution in [0.2, 0.25) is 0 Å². The highest BCUT2D eigenvalue weighted by atomic mass is 16.5. The molecule has 0 saturated carbocycles. The Labute approximate surface area is 101 Å². The van der Waals surface area contributed by atoms with E-state index in [1.807, 2.05) is 45.2 Å². The molecule has 0 atom stereocenters. The fourth-order valence-corrected chi connectivity index (χ4v) is 1.76. The van der Waals surface area contributed by atoms with E-state index in [0.29, 0.717) is 6.54 Å². The van der Waals surface area contributed by atoms with E-state index in [1.165, 1.54) is 5.56 Å². The number of rotatable bonds is 3. The van der Waals surface area contributed by atoms with Gasteiger partial charge in [0.25, 0.3) is 0 Å². The number of nitrogens with zero attached hydrogens (tertiary/aromatic N) is 2. The molecule has 4 nitrogen and oxygen atoms in total. The molecule has 90 valence electrons. The standard InChI is InChI=1S/C13H17N3O/c1-9-4-5-12(11(6-9)8-14)17-13-7-10(2)15-16(13)3/h4-7H,8,14H2,1-3H3. The normalized spacial score (nSPS) is 10.6. The molecule has 0 aliphatic carbocycles. The molecular weight excluding hydrogens is 214 g/mol. The van der Waals surface area contributed by atoms with Crippen LogP contribution in [0.3, 0.4) is 0 Å². The molecule has 1 heterocycles. The fraction of sp³-hybridized carbons (Fsp3) is 0.308. The zero-order valence-electron chi connectivity index (χ0n) is 10.4. The lowest BCUT2D eigenvalue weighted by molar-refractivity contribution is 0.426. The molecule has 2 rings (SSSR count). The van der Waals surface area contributed by atoms with Crippen LogP contribution >= 0.6 is 0 Å². The maximum Gasteiger partial charge on any atom is 0.217 e. The molecule has 1 aromatic carbocycles. The first-order valence-electron chi connectivity index (χ1n) is 5.58. The second kappa shape index (κ2) is 4.59. The second-order valence-corrected chi connectivity index (χ2v) is 4.16. The summed E-state index contributed by atoms with van der Waals surface area (Å²) >= 11 is 0. The summed E-state index contributed by atoms with van der Waals surface area (Å²) in [4.78, 5) is 0. The minimum Gasteiger partial charge on any atom is -0.439 e. The summed E-state index contributed by atoms with van der Waals surface area (Å²) in [6.07, 6.45) is 0. The number of hydrogen-bond acceptors (Lipinski definition) is 3. The molecule has 0 aliphatic heterocycles.